The van der Waals surface area contributed by atoms with E-state index >= 15 is 0 Å². The van der Waals surface area contributed by atoms with Gasteiger partial charge in [0, 0.05) is 12.6 Å². The van der Waals surface area contributed by atoms with Crippen molar-refractivity contribution in [3.05, 3.63) is 15.6 Å². The Morgan fingerprint density at radius 2 is 1.93 bits per heavy atom. The van der Waals surface area contributed by atoms with E-state index in [0.717, 1.165) is 24.1 Å². The summed E-state index contributed by atoms with van der Waals surface area (Å²) in [6.45, 7) is 16.6. The Kier molecular flexibility index (Phi) is 12.2. The van der Waals surface area contributed by atoms with Crippen molar-refractivity contribution in [2.45, 2.75) is 66.5 Å². The molecule has 1 saturated heterocycles. The van der Waals surface area contributed by atoms with Gasteiger partial charge in [0.05, 0.1) is 24.9 Å². The van der Waals surface area contributed by atoms with Gasteiger partial charge in [-0.3, -0.25) is 9.89 Å². The SMILES string of the molecule is CCNC(=NCC(C(C)C)N1CCCC1)NC(C)c1nc(C)c(C(=O)OCC)s1.I. The number of esters is 1. The van der Waals surface area contributed by atoms with E-state index in [1.165, 1.54) is 37.3 Å². The number of hydrogen-bond acceptors (Lipinski definition) is 6. The van der Waals surface area contributed by atoms with Gasteiger partial charge in [-0.05, 0) is 59.5 Å². The molecule has 0 radical (unpaired) electrons. The van der Waals surface area contributed by atoms with E-state index in [2.05, 4.69) is 41.3 Å². The van der Waals surface area contributed by atoms with E-state index in [0.29, 0.717) is 29.1 Å². The molecule has 2 atom stereocenters. The summed E-state index contributed by atoms with van der Waals surface area (Å²) in [6.07, 6.45) is 2.57. The number of nitrogens with one attached hydrogen (secondary N) is 2. The first-order chi connectivity index (χ1) is 13.9. The zero-order valence-electron chi connectivity index (χ0n) is 19.2. The van der Waals surface area contributed by atoms with Gasteiger partial charge in [-0.1, -0.05) is 13.8 Å². The van der Waals surface area contributed by atoms with Gasteiger partial charge in [-0.15, -0.1) is 35.3 Å². The fourth-order valence-electron chi connectivity index (χ4n) is 3.58. The second kappa shape index (κ2) is 13.5. The van der Waals surface area contributed by atoms with Crippen LogP contribution in [0.4, 0.5) is 0 Å². The van der Waals surface area contributed by atoms with Crippen molar-refractivity contribution in [1.29, 1.82) is 0 Å². The Morgan fingerprint density at radius 1 is 1.27 bits per heavy atom. The van der Waals surface area contributed by atoms with Crippen molar-refractivity contribution in [3.63, 3.8) is 0 Å². The number of halogens is 1. The zero-order chi connectivity index (χ0) is 21.4. The maximum atomic E-state index is 12.1. The minimum absolute atomic E-state index is 0. The molecule has 7 nitrogen and oxygen atoms in total. The molecule has 9 heteroatoms. The fourth-order valence-corrected chi connectivity index (χ4v) is 4.54. The molecule has 1 aliphatic rings. The van der Waals surface area contributed by atoms with E-state index in [9.17, 15) is 4.79 Å². The number of nitrogens with zero attached hydrogens (tertiary/aromatic N) is 3. The number of thiazole rings is 1. The van der Waals surface area contributed by atoms with Crippen LogP contribution in [0.2, 0.25) is 0 Å². The summed E-state index contributed by atoms with van der Waals surface area (Å²) >= 11 is 1.39. The molecule has 30 heavy (non-hydrogen) atoms. The van der Waals surface area contributed by atoms with Crippen LogP contribution < -0.4 is 10.6 Å². The summed E-state index contributed by atoms with van der Waals surface area (Å²) < 4.78 is 5.13. The quantitative estimate of drug-likeness (QED) is 0.209. The molecular weight excluding hydrogens is 513 g/mol. The molecule has 172 valence electrons. The lowest BCUT2D eigenvalue weighted by molar-refractivity contribution is 0.0531. The van der Waals surface area contributed by atoms with Gasteiger partial charge in [-0.25, -0.2) is 9.78 Å². The van der Waals surface area contributed by atoms with Crippen molar-refractivity contribution in [1.82, 2.24) is 20.5 Å². The number of hydrogen-bond donors (Lipinski definition) is 2. The lowest BCUT2D eigenvalue weighted by Gasteiger charge is -2.29. The molecule has 2 unspecified atom stereocenters. The largest absolute Gasteiger partial charge is 0.462 e. The van der Waals surface area contributed by atoms with Crippen LogP contribution in [0.1, 0.15) is 73.9 Å². The van der Waals surface area contributed by atoms with Crippen LogP contribution in [0.3, 0.4) is 0 Å². The zero-order valence-corrected chi connectivity index (χ0v) is 22.3. The Balaban J connectivity index is 0.00000450. The van der Waals surface area contributed by atoms with E-state index in [1.54, 1.807) is 0 Å². The van der Waals surface area contributed by atoms with Crippen LogP contribution in [0.5, 0.6) is 0 Å². The molecular formula is C21H38IN5O2S. The molecule has 2 rings (SSSR count). The number of aliphatic imine (C=N–C) groups is 1. The second-order valence-electron chi connectivity index (χ2n) is 7.83. The van der Waals surface area contributed by atoms with Crippen LogP contribution in [-0.2, 0) is 4.74 Å². The minimum Gasteiger partial charge on any atom is -0.462 e. The Hall–Kier alpha value is -0.940. The number of carbonyl (C=O) groups excluding carboxylic acids is 1. The van der Waals surface area contributed by atoms with Crippen molar-refractivity contribution in [2.24, 2.45) is 10.9 Å². The van der Waals surface area contributed by atoms with Gasteiger partial charge < -0.3 is 15.4 Å². The van der Waals surface area contributed by atoms with Crippen molar-refractivity contribution < 1.29 is 9.53 Å². The predicted molar refractivity (Wildman–Crippen MR) is 135 cm³/mol. The monoisotopic (exact) mass is 551 g/mol. The van der Waals surface area contributed by atoms with Gasteiger partial charge in [0.1, 0.15) is 9.88 Å². The molecule has 0 saturated carbocycles. The van der Waals surface area contributed by atoms with Gasteiger partial charge in [-0.2, -0.15) is 0 Å². The topological polar surface area (TPSA) is 78.9 Å². The van der Waals surface area contributed by atoms with E-state index in [1.807, 2.05) is 20.8 Å². The maximum Gasteiger partial charge on any atom is 0.350 e. The van der Waals surface area contributed by atoms with Gasteiger partial charge in [0.25, 0.3) is 0 Å². The molecule has 0 aliphatic carbocycles. The van der Waals surface area contributed by atoms with Crippen LogP contribution in [0, 0.1) is 12.8 Å². The third kappa shape index (κ3) is 7.64. The fraction of sp³-hybridized carbons (Fsp3) is 0.762. The number of guanidine groups is 1. The summed E-state index contributed by atoms with van der Waals surface area (Å²) in [5.74, 6) is 1.05. The average Bonchev–Trinajstić information content (AvgIpc) is 3.32. The number of rotatable bonds is 9. The molecule has 0 spiro atoms. The van der Waals surface area contributed by atoms with Crippen molar-refractivity contribution >= 4 is 47.2 Å². The smallest absolute Gasteiger partial charge is 0.350 e. The molecule has 2 heterocycles. The average molecular weight is 552 g/mol. The standard InChI is InChI=1S/C21H37N5O2S.HI/c1-7-22-21(23-13-17(14(3)4)26-11-9-10-12-26)25-16(6)19-24-15(5)18(29-19)20(27)28-8-2;/h14,16-17H,7-13H2,1-6H3,(H2,22,23,25);1H. The predicted octanol–water partition coefficient (Wildman–Crippen LogP) is 3.98. The molecule has 0 aromatic carbocycles. The van der Waals surface area contributed by atoms with Gasteiger partial charge in [0.2, 0.25) is 0 Å². The Bertz CT molecular complexity index is 689. The minimum atomic E-state index is -0.299. The second-order valence-corrected chi connectivity index (χ2v) is 8.86. The molecule has 1 aliphatic heterocycles. The highest BCUT2D eigenvalue weighted by molar-refractivity contribution is 14.0. The molecule has 2 N–H and O–H groups in total. The first kappa shape index (κ1) is 27.1. The number of aromatic nitrogens is 1. The molecule has 1 fully saturated rings. The van der Waals surface area contributed by atoms with Crippen LogP contribution in [0.15, 0.2) is 4.99 Å². The lowest BCUT2D eigenvalue weighted by atomic mass is 10.0. The molecule has 0 amide bonds. The van der Waals surface area contributed by atoms with Crippen LogP contribution in [-0.4, -0.2) is 60.6 Å². The van der Waals surface area contributed by atoms with Crippen molar-refractivity contribution in [2.75, 3.05) is 32.8 Å². The Labute approximate surface area is 202 Å². The van der Waals surface area contributed by atoms with Crippen LogP contribution >= 0.6 is 35.3 Å². The molecule has 1 aromatic rings. The van der Waals surface area contributed by atoms with Gasteiger partial charge >= 0.3 is 5.97 Å². The highest BCUT2D eigenvalue weighted by Gasteiger charge is 2.25. The highest BCUT2D eigenvalue weighted by Crippen LogP contribution is 2.24. The summed E-state index contributed by atoms with van der Waals surface area (Å²) in [4.78, 5) is 24.7. The third-order valence-corrected chi connectivity index (χ3v) is 6.48. The van der Waals surface area contributed by atoms with E-state index < -0.39 is 0 Å². The summed E-state index contributed by atoms with van der Waals surface area (Å²) in [5, 5.41) is 7.64. The third-order valence-electron chi connectivity index (χ3n) is 5.16. The number of carbonyl (C=O) groups is 1. The van der Waals surface area contributed by atoms with Crippen molar-refractivity contribution in [3.8, 4) is 0 Å². The first-order valence-corrected chi connectivity index (χ1v) is 11.6. The molecule has 1 aromatic heterocycles. The van der Waals surface area contributed by atoms with Gasteiger partial charge in [0.15, 0.2) is 5.96 Å². The van der Waals surface area contributed by atoms with E-state index in [-0.39, 0.29) is 36.0 Å². The summed E-state index contributed by atoms with van der Waals surface area (Å²) in [7, 11) is 0. The molecule has 0 bridgehead atoms. The number of likely N-dealkylation sites (tertiary alicyclic amines) is 1. The normalized spacial score (nSPS) is 16.8. The summed E-state index contributed by atoms with van der Waals surface area (Å²) in [6, 6.07) is 0.407. The van der Waals surface area contributed by atoms with Crippen LogP contribution in [0.25, 0.3) is 0 Å². The Morgan fingerprint density at radius 3 is 2.50 bits per heavy atom. The lowest BCUT2D eigenvalue weighted by Crippen LogP contribution is -2.42. The highest BCUT2D eigenvalue weighted by atomic mass is 127. The first-order valence-electron chi connectivity index (χ1n) is 10.8. The van der Waals surface area contributed by atoms with E-state index in [4.69, 9.17) is 9.73 Å². The number of ether oxygens (including phenoxy) is 1. The maximum absolute atomic E-state index is 12.1. The summed E-state index contributed by atoms with van der Waals surface area (Å²) in [5.41, 5.74) is 0.716. The number of aryl methyl sites for hydroxylation is 1.